The normalized spacial score (nSPS) is 12.7. The van der Waals surface area contributed by atoms with Gasteiger partial charge in [-0.1, -0.05) is 70.4 Å². The zero-order chi connectivity index (χ0) is 22.9. The van der Waals surface area contributed by atoms with Gasteiger partial charge in [0.1, 0.15) is 0 Å². The van der Waals surface area contributed by atoms with Gasteiger partial charge in [0.15, 0.2) is 0 Å². The number of carboxylic acid groups (broad SMARTS) is 1. The summed E-state index contributed by atoms with van der Waals surface area (Å²) in [5.74, 6) is -0.664. The summed E-state index contributed by atoms with van der Waals surface area (Å²) in [6.07, 6.45) is 23.0. The number of phosphoric acid groups is 1. The Morgan fingerprint density at radius 2 is 1.40 bits per heavy atom. The number of carbonyl (C=O) groups is 1. The van der Waals surface area contributed by atoms with Crippen molar-refractivity contribution in [1.82, 2.24) is 5.32 Å². The van der Waals surface area contributed by atoms with Gasteiger partial charge in [0.05, 0.1) is 12.9 Å². The van der Waals surface area contributed by atoms with E-state index >= 15 is 0 Å². The summed E-state index contributed by atoms with van der Waals surface area (Å²) in [6.45, 7) is 4.24. The second kappa shape index (κ2) is 24.1. The van der Waals surface area contributed by atoms with Gasteiger partial charge < -0.3 is 25.1 Å². The van der Waals surface area contributed by atoms with Crippen LogP contribution < -0.4 is 5.32 Å². The molecule has 0 aromatic rings. The zero-order valence-electron chi connectivity index (χ0n) is 18.5. The molecular formula is C21H43N2O6P. The number of hydrogen-bond acceptors (Lipinski definition) is 4. The molecule has 9 heteroatoms. The number of allylic oxidation sites excluding steroid dienone is 2. The van der Waals surface area contributed by atoms with Gasteiger partial charge in [0.25, 0.3) is 0 Å². The number of nitrogens with one attached hydrogen (secondary N) is 1. The summed E-state index contributed by atoms with van der Waals surface area (Å²) in [5.41, 5.74) is 0. The Hall–Kier alpha value is -1.21. The lowest BCUT2D eigenvalue weighted by Gasteiger charge is -1.99. The summed E-state index contributed by atoms with van der Waals surface area (Å²) in [7, 11) is -4.64. The lowest BCUT2D eigenvalue weighted by molar-refractivity contribution is -0.137. The predicted molar refractivity (Wildman–Crippen MR) is 123 cm³/mol. The molecule has 0 amide bonds. The Bertz CT molecular complexity index is 466. The van der Waals surface area contributed by atoms with Crippen LogP contribution in [0.2, 0.25) is 0 Å². The number of carboxylic acids is 1. The van der Waals surface area contributed by atoms with Gasteiger partial charge in [-0.3, -0.25) is 9.79 Å². The molecule has 0 aromatic heterocycles. The lowest BCUT2D eigenvalue weighted by atomic mass is 10.1. The van der Waals surface area contributed by atoms with E-state index in [4.69, 9.17) is 24.4 Å². The highest BCUT2D eigenvalue weighted by Gasteiger charge is 2.00. The smallest absolute Gasteiger partial charge is 0.466 e. The van der Waals surface area contributed by atoms with Crippen LogP contribution in [-0.4, -0.2) is 45.2 Å². The molecule has 5 N–H and O–H groups in total. The molecule has 0 aliphatic carbocycles. The number of rotatable bonds is 15. The average Bonchev–Trinajstić information content (AvgIpc) is 3.23. The maximum absolute atomic E-state index is 10.3. The molecular weight excluding hydrogens is 407 g/mol. The Morgan fingerprint density at radius 1 is 0.933 bits per heavy atom. The third-order valence-electron chi connectivity index (χ3n) is 4.22. The monoisotopic (exact) mass is 450 g/mol. The van der Waals surface area contributed by atoms with E-state index in [9.17, 15) is 4.79 Å². The van der Waals surface area contributed by atoms with E-state index in [0.29, 0.717) is 6.42 Å². The van der Waals surface area contributed by atoms with Gasteiger partial charge in [0.2, 0.25) is 0 Å². The molecule has 0 unspecified atom stereocenters. The second-order valence-corrected chi connectivity index (χ2v) is 8.26. The average molecular weight is 451 g/mol. The van der Waals surface area contributed by atoms with E-state index in [-0.39, 0.29) is 0 Å². The van der Waals surface area contributed by atoms with Gasteiger partial charge >= 0.3 is 13.8 Å². The van der Waals surface area contributed by atoms with Crippen LogP contribution >= 0.6 is 7.82 Å². The molecule has 178 valence electrons. The van der Waals surface area contributed by atoms with Gasteiger partial charge in [0, 0.05) is 13.0 Å². The number of aliphatic carboxylic acids is 1. The molecule has 0 saturated heterocycles. The quantitative estimate of drug-likeness (QED) is 0.137. The zero-order valence-corrected chi connectivity index (χ0v) is 19.4. The SMILES string of the molecule is C1=NCCN1.CCCCCCCC/C=C\CCCCCCCC(=O)O.O=P(O)(O)O. The van der Waals surface area contributed by atoms with Crippen LogP contribution in [-0.2, 0) is 9.36 Å². The fraction of sp³-hybridized carbons (Fsp3) is 0.810. The van der Waals surface area contributed by atoms with Crippen LogP contribution in [0, 0.1) is 0 Å². The van der Waals surface area contributed by atoms with Crippen molar-refractivity contribution in [3.8, 4) is 0 Å². The van der Waals surface area contributed by atoms with Crippen LogP contribution in [0.5, 0.6) is 0 Å². The maximum Gasteiger partial charge on any atom is 0.466 e. The highest BCUT2D eigenvalue weighted by atomic mass is 31.2. The number of aliphatic imine (C=N–C) groups is 1. The topological polar surface area (TPSA) is 139 Å². The van der Waals surface area contributed by atoms with Crippen molar-refractivity contribution in [3.63, 3.8) is 0 Å². The summed E-state index contributed by atoms with van der Waals surface area (Å²) < 4.78 is 8.88. The third-order valence-corrected chi connectivity index (χ3v) is 4.22. The van der Waals surface area contributed by atoms with Gasteiger partial charge in [-0.15, -0.1) is 0 Å². The first-order valence-electron chi connectivity index (χ1n) is 11.1. The van der Waals surface area contributed by atoms with Crippen molar-refractivity contribution in [2.24, 2.45) is 4.99 Å². The summed E-state index contributed by atoms with van der Waals surface area (Å²) in [6, 6.07) is 0. The molecule has 1 aliphatic heterocycles. The molecule has 0 atom stereocenters. The van der Waals surface area contributed by atoms with Gasteiger partial charge in [-0.25, -0.2) is 4.57 Å². The molecule has 0 saturated carbocycles. The first-order chi connectivity index (χ1) is 14.3. The second-order valence-electron chi connectivity index (χ2n) is 7.23. The fourth-order valence-electron chi connectivity index (χ4n) is 2.67. The van der Waals surface area contributed by atoms with Crippen molar-refractivity contribution < 1.29 is 29.1 Å². The first-order valence-corrected chi connectivity index (χ1v) is 12.7. The number of unbranched alkanes of at least 4 members (excludes halogenated alkanes) is 11. The van der Waals surface area contributed by atoms with Crippen LogP contribution in [0.4, 0.5) is 0 Å². The van der Waals surface area contributed by atoms with Crippen molar-refractivity contribution in [2.45, 2.75) is 96.8 Å². The maximum atomic E-state index is 10.3. The highest BCUT2D eigenvalue weighted by molar-refractivity contribution is 7.45. The van der Waals surface area contributed by atoms with Crippen LogP contribution in [0.15, 0.2) is 17.1 Å². The lowest BCUT2D eigenvalue weighted by Crippen LogP contribution is -2.04. The Morgan fingerprint density at radius 3 is 1.77 bits per heavy atom. The van der Waals surface area contributed by atoms with Gasteiger partial charge in [-0.2, -0.15) is 0 Å². The van der Waals surface area contributed by atoms with E-state index in [1.165, 1.54) is 70.6 Å². The van der Waals surface area contributed by atoms with Gasteiger partial charge in [-0.05, 0) is 32.1 Å². The van der Waals surface area contributed by atoms with Crippen LogP contribution in [0.25, 0.3) is 0 Å². The molecule has 30 heavy (non-hydrogen) atoms. The summed E-state index contributed by atoms with van der Waals surface area (Å²) >= 11 is 0. The van der Waals surface area contributed by atoms with Crippen molar-refractivity contribution in [1.29, 1.82) is 0 Å². The summed E-state index contributed by atoms with van der Waals surface area (Å²) in [4.78, 5) is 35.7. The minimum atomic E-state index is -4.64. The Kier molecular flexibility index (Phi) is 24.8. The van der Waals surface area contributed by atoms with E-state index in [1.54, 1.807) is 6.34 Å². The number of hydrogen-bond donors (Lipinski definition) is 5. The number of nitrogens with zero attached hydrogens (tertiary/aromatic N) is 1. The molecule has 1 rings (SSSR count). The summed E-state index contributed by atoms with van der Waals surface area (Å²) in [5, 5.41) is 11.4. The van der Waals surface area contributed by atoms with E-state index in [1.807, 2.05) is 0 Å². The van der Waals surface area contributed by atoms with E-state index in [2.05, 4.69) is 29.4 Å². The van der Waals surface area contributed by atoms with E-state index in [0.717, 1.165) is 25.9 Å². The fourth-order valence-corrected chi connectivity index (χ4v) is 2.67. The predicted octanol–water partition coefficient (Wildman–Crippen LogP) is 4.80. The van der Waals surface area contributed by atoms with Crippen LogP contribution in [0.3, 0.4) is 0 Å². The van der Waals surface area contributed by atoms with E-state index < -0.39 is 13.8 Å². The molecule has 1 aliphatic rings. The minimum absolute atomic E-state index is 0.332. The Labute approximate surface area is 182 Å². The molecule has 0 bridgehead atoms. The van der Waals surface area contributed by atoms with Crippen molar-refractivity contribution in [3.05, 3.63) is 12.2 Å². The minimum Gasteiger partial charge on any atom is -0.481 e. The molecule has 1 heterocycles. The third kappa shape index (κ3) is 41.2. The molecule has 0 fully saturated rings. The van der Waals surface area contributed by atoms with Crippen molar-refractivity contribution >= 4 is 20.1 Å². The molecule has 0 aromatic carbocycles. The standard InChI is InChI=1S/C18H34O2.C3H6N2.H3O4P/c1-2-3-4-5-6-7-8-9-10-11-12-13-14-15-16-17-18(19)20;1-2-5-3-4-1;1-5(2,3)4/h9-10H,2-8,11-17H2,1H3,(H,19,20);3H,1-2H2,(H,4,5);(H3,1,2,3,4)/b10-9-;;. The molecule has 0 spiro atoms. The molecule has 0 radical (unpaired) electrons. The largest absolute Gasteiger partial charge is 0.481 e. The Balaban J connectivity index is 0. The molecule has 8 nitrogen and oxygen atoms in total. The highest BCUT2D eigenvalue weighted by Crippen LogP contribution is 2.25. The first kappa shape index (κ1) is 31.0. The van der Waals surface area contributed by atoms with Crippen molar-refractivity contribution in [2.75, 3.05) is 13.1 Å². The van der Waals surface area contributed by atoms with Crippen LogP contribution in [0.1, 0.15) is 96.8 Å².